The molecular formula is C5H5N4O+. The predicted octanol–water partition coefficient (Wildman–Crippen LogP) is -0.423. The Kier molecular flexibility index (Phi) is 0.858. The molecule has 0 amide bonds. The lowest BCUT2D eigenvalue weighted by Crippen LogP contribution is -2.12. The summed E-state index contributed by atoms with van der Waals surface area (Å²) in [6, 6.07) is 0. The van der Waals surface area contributed by atoms with Crippen molar-refractivity contribution in [1.29, 1.82) is 0 Å². The van der Waals surface area contributed by atoms with Crippen LogP contribution in [0.1, 0.15) is 0 Å². The van der Waals surface area contributed by atoms with Crippen LogP contribution in [0.2, 0.25) is 0 Å². The summed E-state index contributed by atoms with van der Waals surface area (Å²) in [5, 5.41) is 2.80. The molecule has 0 aromatic carbocycles. The van der Waals surface area contributed by atoms with Crippen molar-refractivity contribution in [3.8, 4) is 0 Å². The molecule has 0 radical (unpaired) electrons. The van der Waals surface area contributed by atoms with E-state index in [1.807, 2.05) is 0 Å². The van der Waals surface area contributed by atoms with Crippen LogP contribution in [0.3, 0.4) is 0 Å². The minimum atomic E-state index is 0.609. The first kappa shape index (κ1) is 5.16. The molecule has 0 aliphatic carbocycles. The Morgan fingerprint density at radius 2 is 2.60 bits per heavy atom. The highest BCUT2D eigenvalue weighted by Gasteiger charge is 1.97. The van der Waals surface area contributed by atoms with E-state index >= 15 is 0 Å². The van der Waals surface area contributed by atoms with Gasteiger partial charge in [0.25, 0.3) is 6.20 Å². The number of hydrogen-bond donors (Lipinski definition) is 1. The van der Waals surface area contributed by atoms with Gasteiger partial charge in [0.2, 0.25) is 11.8 Å². The predicted molar refractivity (Wildman–Crippen MR) is 32.9 cm³/mol. The summed E-state index contributed by atoms with van der Waals surface area (Å²) in [5.41, 5.74) is 0.609. The molecule has 2 rings (SSSR count). The van der Waals surface area contributed by atoms with Gasteiger partial charge in [0.15, 0.2) is 0 Å². The van der Waals surface area contributed by atoms with E-state index in [1.54, 1.807) is 10.7 Å². The van der Waals surface area contributed by atoms with E-state index in [9.17, 15) is 4.91 Å². The number of rotatable bonds is 0. The van der Waals surface area contributed by atoms with E-state index in [4.69, 9.17) is 0 Å². The highest BCUT2D eigenvalue weighted by molar-refractivity contribution is 5.28. The normalized spacial score (nSPS) is 10.4. The summed E-state index contributed by atoms with van der Waals surface area (Å²) in [5.74, 6) is 0. The molecular weight excluding hydrogens is 132 g/mol. The van der Waals surface area contributed by atoms with Gasteiger partial charge in [-0.3, -0.25) is 5.10 Å². The van der Waals surface area contributed by atoms with E-state index in [-0.39, 0.29) is 0 Å². The van der Waals surface area contributed by atoms with E-state index in [0.29, 0.717) is 10.1 Å². The van der Waals surface area contributed by atoms with Gasteiger partial charge in [-0.1, -0.05) is 0 Å². The minimum absolute atomic E-state index is 0.609. The molecule has 5 nitrogen and oxygen atoms in total. The van der Waals surface area contributed by atoms with Crippen LogP contribution in [0.5, 0.6) is 0 Å². The number of H-pyrrole nitrogens is 1. The number of aromatic nitrogens is 4. The average Bonchev–Trinajstić information content (AvgIpc) is 2.33. The van der Waals surface area contributed by atoms with Crippen molar-refractivity contribution in [2.75, 3.05) is 0 Å². The molecule has 5 heteroatoms. The second-order valence-electron chi connectivity index (χ2n) is 1.90. The smallest absolute Gasteiger partial charge is 0.272 e. The van der Waals surface area contributed by atoms with Gasteiger partial charge in [0.05, 0.1) is 10.6 Å². The quantitative estimate of drug-likeness (QED) is 0.501. The fourth-order valence-electron chi connectivity index (χ4n) is 0.790. The maximum Gasteiger partial charge on any atom is 0.272 e. The Hall–Kier alpha value is -1.65. The average molecular weight is 137 g/mol. The van der Waals surface area contributed by atoms with Crippen molar-refractivity contribution < 1.29 is 4.43 Å². The van der Waals surface area contributed by atoms with Crippen LogP contribution in [0, 0.1) is 4.91 Å². The third-order valence-corrected chi connectivity index (χ3v) is 1.25. The lowest BCUT2D eigenvalue weighted by Gasteiger charge is -1.80. The molecule has 50 valence electrons. The van der Waals surface area contributed by atoms with Gasteiger partial charge in [-0.15, -0.1) is 0 Å². The molecule has 0 aliphatic heterocycles. The number of nitrogens with zero attached hydrogens (tertiary/aromatic N) is 3. The van der Waals surface area contributed by atoms with Crippen LogP contribution in [0.25, 0.3) is 5.65 Å². The fraction of sp³-hybridized carbons (Fsp3) is 0. The second-order valence-corrected chi connectivity index (χ2v) is 1.90. The zero-order chi connectivity index (χ0) is 6.97. The molecule has 0 atom stereocenters. The number of aromatic amines is 1. The van der Waals surface area contributed by atoms with Crippen LogP contribution in [0.4, 0.5) is 0 Å². The Morgan fingerprint density at radius 3 is 3.50 bits per heavy atom. The van der Waals surface area contributed by atoms with Gasteiger partial charge in [0.1, 0.15) is 6.33 Å². The van der Waals surface area contributed by atoms with Crippen LogP contribution < -0.4 is 4.43 Å². The minimum Gasteiger partial charge on any atom is -0.282 e. The Balaban J connectivity index is 2.99. The molecule has 2 aromatic heterocycles. The van der Waals surface area contributed by atoms with E-state index in [2.05, 4.69) is 10.1 Å². The molecule has 0 saturated heterocycles. The highest BCUT2D eigenvalue weighted by atomic mass is 16.3. The van der Waals surface area contributed by atoms with Crippen LogP contribution in [-0.2, 0) is 0 Å². The Morgan fingerprint density at radius 1 is 1.70 bits per heavy atom. The Bertz CT molecular complexity index is 401. The third-order valence-electron chi connectivity index (χ3n) is 1.25. The summed E-state index contributed by atoms with van der Waals surface area (Å²) >= 11 is 0. The number of hydrogen-bond acceptors (Lipinski definition) is 2. The number of nitrogens with one attached hydrogen (secondary N) is 1. The molecule has 10 heavy (non-hydrogen) atoms. The Labute approximate surface area is 55.5 Å². The van der Waals surface area contributed by atoms with Crippen molar-refractivity contribution in [1.82, 2.24) is 14.6 Å². The molecule has 2 heterocycles. The molecule has 2 aromatic rings. The molecule has 0 unspecified atom stereocenters. The van der Waals surface area contributed by atoms with Gasteiger partial charge in [0, 0.05) is 4.91 Å². The third kappa shape index (κ3) is 0.604. The molecule has 1 N–H and O–H groups in total. The van der Waals surface area contributed by atoms with Crippen molar-refractivity contribution in [3.05, 3.63) is 29.8 Å². The topological polar surface area (TPSA) is 56.1 Å². The van der Waals surface area contributed by atoms with Crippen LogP contribution in [0.15, 0.2) is 24.9 Å². The molecule has 0 fully saturated rings. The zero-order valence-electron chi connectivity index (χ0n) is 5.06. The van der Waals surface area contributed by atoms with E-state index in [1.165, 1.54) is 18.7 Å². The van der Waals surface area contributed by atoms with Gasteiger partial charge < -0.3 is 0 Å². The summed E-state index contributed by atoms with van der Waals surface area (Å²) in [4.78, 5) is 14.5. The molecule has 0 aliphatic rings. The first-order valence-corrected chi connectivity index (χ1v) is 2.80. The summed E-state index contributed by atoms with van der Waals surface area (Å²) in [6.45, 7) is 0. The molecule has 0 spiro atoms. The lowest BCUT2D eigenvalue weighted by atomic mass is 10.7. The summed E-state index contributed by atoms with van der Waals surface area (Å²) < 4.78 is 2.35. The first-order valence-electron chi connectivity index (χ1n) is 2.80. The summed E-state index contributed by atoms with van der Waals surface area (Å²) in [7, 11) is 0. The van der Waals surface area contributed by atoms with Crippen LogP contribution >= 0.6 is 0 Å². The summed E-state index contributed by atoms with van der Waals surface area (Å²) in [6.07, 6.45) is 5.91. The molecule has 0 bridgehead atoms. The van der Waals surface area contributed by atoms with Gasteiger partial charge in [-0.2, -0.15) is 0 Å². The fourth-order valence-corrected chi connectivity index (χ4v) is 0.790. The van der Waals surface area contributed by atoms with E-state index in [0.717, 1.165) is 0 Å². The highest BCUT2D eigenvalue weighted by Crippen LogP contribution is 1.87. The van der Waals surface area contributed by atoms with E-state index < -0.39 is 0 Å². The lowest BCUT2D eigenvalue weighted by molar-refractivity contribution is -0.493. The zero-order valence-corrected chi connectivity index (χ0v) is 5.06. The monoisotopic (exact) mass is 137 g/mol. The van der Waals surface area contributed by atoms with Crippen molar-refractivity contribution in [2.45, 2.75) is 0 Å². The van der Waals surface area contributed by atoms with Gasteiger partial charge >= 0.3 is 0 Å². The standard InChI is InChI=1S/C5H5N4O/c10-8-1-2-9-5(3-8)6-4-7-9/h1-4H,(H,6,7)/q+1. The van der Waals surface area contributed by atoms with Crippen molar-refractivity contribution in [2.24, 2.45) is 0 Å². The number of fused-ring (bicyclic) bond motifs is 1. The van der Waals surface area contributed by atoms with Crippen molar-refractivity contribution >= 4 is 5.65 Å². The van der Waals surface area contributed by atoms with Gasteiger partial charge in [-0.25, -0.2) is 9.50 Å². The SMILES string of the molecule is O=[n+]1ccn2[nH]cnc2c1. The first-order chi connectivity index (χ1) is 4.86. The molecule has 0 saturated carbocycles. The van der Waals surface area contributed by atoms with Gasteiger partial charge in [-0.05, 0) is 0 Å². The maximum atomic E-state index is 10.6. The van der Waals surface area contributed by atoms with Crippen LogP contribution in [-0.4, -0.2) is 14.6 Å². The van der Waals surface area contributed by atoms with Crippen molar-refractivity contribution in [3.63, 3.8) is 0 Å². The second kappa shape index (κ2) is 1.66. The largest absolute Gasteiger partial charge is 0.282 e. The maximum absolute atomic E-state index is 10.6.